The Kier molecular flexibility index (Phi) is 2.96. The number of hydrogen-bond acceptors (Lipinski definition) is 1. The molecule has 2 nitrogen and oxygen atoms in total. The summed E-state index contributed by atoms with van der Waals surface area (Å²) in [6, 6.07) is 0.394. The SMILES string of the molecule is COC(C)C(C)[NH3+]. The first kappa shape index (κ1) is 6.92. The van der Waals surface area contributed by atoms with Crippen LogP contribution in [0.2, 0.25) is 0 Å². The lowest BCUT2D eigenvalue weighted by Gasteiger charge is -2.08. The fourth-order valence-electron chi connectivity index (χ4n) is 0.232. The van der Waals surface area contributed by atoms with E-state index in [-0.39, 0.29) is 0 Å². The first-order chi connectivity index (χ1) is 3.18. The lowest BCUT2D eigenvalue weighted by molar-refractivity contribution is -0.431. The Hall–Kier alpha value is -0.0800. The Morgan fingerprint density at radius 2 is 1.86 bits per heavy atom. The molecule has 0 aromatic heterocycles. The second-order valence-corrected chi connectivity index (χ2v) is 1.92. The molecule has 44 valence electrons. The Bertz CT molecular complexity index is 45.3. The summed E-state index contributed by atoms with van der Waals surface area (Å²) in [5.74, 6) is 0. The topological polar surface area (TPSA) is 36.9 Å². The van der Waals surface area contributed by atoms with Crippen LogP contribution >= 0.6 is 0 Å². The fraction of sp³-hybridized carbons (Fsp3) is 1.00. The molecule has 0 aromatic carbocycles. The molecule has 2 atom stereocenters. The lowest BCUT2D eigenvalue weighted by atomic mass is 10.2. The molecule has 0 heterocycles. The molecule has 0 rings (SSSR count). The van der Waals surface area contributed by atoms with E-state index in [0.717, 1.165) is 0 Å². The molecule has 0 aliphatic heterocycles. The Morgan fingerprint density at radius 3 is 1.86 bits per heavy atom. The Morgan fingerprint density at radius 1 is 1.43 bits per heavy atom. The zero-order valence-electron chi connectivity index (χ0n) is 5.27. The third-order valence-electron chi connectivity index (χ3n) is 1.17. The van der Waals surface area contributed by atoms with Crippen LogP contribution in [-0.4, -0.2) is 19.3 Å². The fourth-order valence-corrected chi connectivity index (χ4v) is 0.232. The van der Waals surface area contributed by atoms with Gasteiger partial charge in [-0.05, 0) is 13.8 Å². The van der Waals surface area contributed by atoms with E-state index < -0.39 is 0 Å². The van der Waals surface area contributed by atoms with Crippen LogP contribution in [0.15, 0.2) is 0 Å². The van der Waals surface area contributed by atoms with Gasteiger partial charge in [0.1, 0.15) is 12.1 Å². The second-order valence-electron chi connectivity index (χ2n) is 1.92. The van der Waals surface area contributed by atoms with Crippen molar-refractivity contribution in [2.45, 2.75) is 26.0 Å². The standard InChI is InChI=1S/C5H13NO/c1-4(6)5(2)7-3/h4-5H,6H2,1-3H3/p+1. The van der Waals surface area contributed by atoms with Crippen LogP contribution < -0.4 is 5.73 Å². The molecule has 0 fully saturated rings. The zero-order valence-corrected chi connectivity index (χ0v) is 5.27. The molecule has 0 saturated carbocycles. The van der Waals surface area contributed by atoms with Crippen molar-refractivity contribution in [3.8, 4) is 0 Å². The first-order valence-electron chi connectivity index (χ1n) is 2.54. The van der Waals surface area contributed by atoms with Crippen molar-refractivity contribution in [3.05, 3.63) is 0 Å². The predicted molar refractivity (Wildman–Crippen MR) is 28.8 cm³/mol. The van der Waals surface area contributed by atoms with Gasteiger partial charge in [-0.2, -0.15) is 0 Å². The Labute approximate surface area is 44.7 Å². The van der Waals surface area contributed by atoms with E-state index in [1.807, 2.05) is 13.8 Å². The molecule has 0 saturated heterocycles. The van der Waals surface area contributed by atoms with Crippen molar-refractivity contribution < 1.29 is 10.5 Å². The van der Waals surface area contributed by atoms with Gasteiger partial charge < -0.3 is 10.5 Å². The zero-order chi connectivity index (χ0) is 5.86. The van der Waals surface area contributed by atoms with Gasteiger partial charge in [-0.3, -0.25) is 0 Å². The van der Waals surface area contributed by atoms with Crippen LogP contribution in [0.25, 0.3) is 0 Å². The van der Waals surface area contributed by atoms with E-state index in [1.54, 1.807) is 7.11 Å². The van der Waals surface area contributed by atoms with Gasteiger partial charge >= 0.3 is 0 Å². The Balaban J connectivity index is 3.14. The molecule has 7 heavy (non-hydrogen) atoms. The molecule has 3 N–H and O–H groups in total. The molecular formula is C5H14NO+. The van der Waals surface area contributed by atoms with E-state index in [9.17, 15) is 0 Å². The van der Waals surface area contributed by atoms with Crippen LogP contribution in [0.5, 0.6) is 0 Å². The van der Waals surface area contributed by atoms with Gasteiger partial charge in [0.15, 0.2) is 0 Å². The second kappa shape index (κ2) is 2.99. The highest BCUT2D eigenvalue weighted by atomic mass is 16.5. The van der Waals surface area contributed by atoms with Crippen molar-refractivity contribution in [1.29, 1.82) is 0 Å². The van der Waals surface area contributed by atoms with E-state index in [1.165, 1.54) is 0 Å². The molecule has 2 heteroatoms. The number of hydrogen-bond donors (Lipinski definition) is 1. The largest absolute Gasteiger partial charge is 0.376 e. The predicted octanol–water partition coefficient (Wildman–Crippen LogP) is -0.348. The van der Waals surface area contributed by atoms with Crippen molar-refractivity contribution in [2.75, 3.05) is 7.11 Å². The normalized spacial score (nSPS) is 18.9. The molecule has 2 unspecified atom stereocenters. The third-order valence-corrected chi connectivity index (χ3v) is 1.17. The lowest BCUT2D eigenvalue weighted by Crippen LogP contribution is -2.64. The summed E-state index contributed by atoms with van der Waals surface area (Å²) >= 11 is 0. The van der Waals surface area contributed by atoms with Crippen LogP contribution in [0, 0.1) is 0 Å². The van der Waals surface area contributed by atoms with Gasteiger partial charge in [0.2, 0.25) is 0 Å². The molecule has 0 bridgehead atoms. The van der Waals surface area contributed by atoms with E-state index in [2.05, 4.69) is 5.73 Å². The van der Waals surface area contributed by atoms with Crippen molar-refractivity contribution >= 4 is 0 Å². The maximum atomic E-state index is 4.95. The smallest absolute Gasteiger partial charge is 0.108 e. The monoisotopic (exact) mass is 104 g/mol. The molecule has 0 spiro atoms. The van der Waals surface area contributed by atoms with Gasteiger partial charge in [0, 0.05) is 7.11 Å². The number of ether oxygens (including phenoxy) is 1. The quantitative estimate of drug-likeness (QED) is 0.511. The first-order valence-corrected chi connectivity index (χ1v) is 2.54. The maximum Gasteiger partial charge on any atom is 0.108 e. The number of methoxy groups -OCH3 is 1. The minimum Gasteiger partial charge on any atom is -0.376 e. The summed E-state index contributed by atoms with van der Waals surface area (Å²) in [7, 11) is 1.70. The number of quaternary nitrogens is 1. The average Bonchev–Trinajstić information content (AvgIpc) is 1.65. The summed E-state index contributed by atoms with van der Waals surface area (Å²) in [4.78, 5) is 0. The summed E-state index contributed by atoms with van der Waals surface area (Å²) in [6.07, 6.45) is 0.292. The van der Waals surface area contributed by atoms with Crippen molar-refractivity contribution in [3.63, 3.8) is 0 Å². The van der Waals surface area contributed by atoms with E-state index >= 15 is 0 Å². The maximum absolute atomic E-state index is 4.95. The minimum atomic E-state index is 0.292. The van der Waals surface area contributed by atoms with Crippen molar-refractivity contribution in [1.82, 2.24) is 0 Å². The highest BCUT2D eigenvalue weighted by Gasteiger charge is 2.06. The van der Waals surface area contributed by atoms with Gasteiger partial charge in [-0.1, -0.05) is 0 Å². The van der Waals surface area contributed by atoms with Crippen LogP contribution in [0.3, 0.4) is 0 Å². The van der Waals surface area contributed by atoms with Gasteiger partial charge in [0.25, 0.3) is 0 Å². The number of rotatable bonds is 2. The summed E-state index contributed by atoms with van der Waals surface area (Å²) in [5, 5.41) is 0. The average molecular weight is 104 g/mol. The van der Waals surface area contributed by atoms with Crippen LogP contribution in [0.4, 0.5) is 0 Å². The van der Waals surface area contributed by atoms with E-state index in [0.29, 0.717) is 12.1 Å². The van der Waals surface area contributed by atoms with Crippen LogP contribution in [-0.2, 0) is 4.74 Å². The highest BCUT2D eigenvalue weighted by Crippen LogP contribution is 1.87. The molecule has 0 amide bonds. The molecular weight excluding hydrogens is 90.1 g/mol. The molecule has 0 aromatic rings. The molecule has 0 aliphatic carbocycles. The summed E-state index contributed by atoms with van der Waals surface area (Å²) in [5.41, 5.74) is 3.78. The minimum absolute atomic E-state index is 0.292. The molecule has 0 radical (unpaired) electrons. The third kappa shape index (κ3) is 2.60. The van der Waals surface area contributed by atoms with E-state index in [4.69, 9.17) is 4.74 Å². The van der Waals surface area contributed by atoms with Gasteiger partial charge in [-0.25, -0.2) is 0 Å². The molecule has 0 aliphatic rings. The summed E-state index contributed by atoms with van der Waals surface area (Å²) < 4.78 is 4.95. The van der Waals surface area contributed by atoms with Crippen LogP contribution in [0.1, 0.15) is 13.8 Å². The summed E-state index contributed by atoms with van der Waals surface area (Å²) in [6.45, 7) is 4.05. The van der Waals surface area contributed by atoms with Gasteiger partial charge in [0.05, 0.1) is 0 Å². The van der Waals surface area contributed by atoms with Crippen molar-refractivity contribution in [2.24, 2.45) is 0 Å². The highest BCUT2D eigenvalue weighted by molar-refractivity contribution is 4.52. The van der Waals surface area contributed by atoms with Gasteiger partial charge in [-0.15, -0.1) is 0 Å².